The molecule has 1 aromatic carbocycles. The topological polar surface area (TPSA) is 86.0 Å². The van der Waals surface area contributed by atoms with Crippen molar-refractivity contribution < 1.29 is 9.18 Å². The number of halogens is 1. The van der Waals surface area contributed by atoms with Crippen molar-refractivity contribution in [3.05, 3.63) is 86.9 Å². The number of anilines is 1. The van der Waals surface area contributed by atoms with Gasteiger partial charge in [-0.1, -0.05) is 12.1 Å². The molecule has 0 radical (unpaired) electrons. The van der Waals surface area contributed by atoms with E-state index in [0.29, 0.717) is 12.2 Å². The van der Waals surface area contributed by atoms with Gasteiger partial charge in [0.15, 0.2) is 0 Å². The minimum absolute atomic E-state index is 0.0494. The van der Waals surface area contributed by atoms with Gasteiger partial charge in [0.1, 0.15) is 17.2 Å². The lowest BCUT2D eigenvalue weighted by atomic mass is 10.3. The van der Waals surface area contributed by atoms with Crippen LogP contribution in [-0.2, 0) is 6.54 Å². The van der Waals surface area contributed by atoms with Crippen molar-refractivity contribution >= 4 is 11.6 Å². The number of carbonyl (C=O) groups excluding carboxylic acids is 1. The third-order valence-electron chi connectivity index (χ3n) is 3.70. The number of aromatic nitrogens is 3. The Labute approximate surface area is 147 Å². The van der Waals surface area contributed by atoms with Gasteiger partial charge in [-0.15, -0.1) is 0 Å². The highest BCUT2D eigenvalue weighted by molar-refractivity contribution is 6.02. The zero-order valence-corrected chi connectivity index (χ0v) is 13.8. The van der Waals surface area contributed by atoms with Gasteiger partial charge in [-0.2, -0.15) is 9.78 Å². The van der Waals surface area contributed by atoms with Crippen molar-refractivity contribution in [1.82, 2.24) is 14.3 Å². The maximum absolute atomic E-state index is 13.9. The summed E-state index contributed by atoms with van der Waals surface area (Å²) in [6.45, 7) is 2.26. The van der Waals surface area contributed by atoms with E-state index in [-0.39, 0.29) is 16.9 Å². The Morgan fingerprint density at radius 3 is 2.54 bits per heavy atom. The Morgan fingerprint density at radius 2 is 1.81 bits per heavy atom. The van der Waals surface area contributed by atoms with Crippen molar-refractivity contribution in [2.45, 2.75) is 13.5 Å². The van der Waals surface area contributed by atoms with Crippen LogP contribution in [0.15, 0.2) is 64.3 Å². The summed E-state index contributed by atoms with van der Waals surface area (Å²) in [5.41, 5.74) is -0.460. The Kier molecular flexibility index (Phi) is 4.74. The first kappa shape index (κ1) is 17.3. The summed E-state index contributed by atoms with van der Waals surface area (Å²) in [6.07, 6.45) is 1.51. The van der Waals surface area contributed by atoms with Gasteiger partial charge >= 0.3 is 0 Å². The van der Waals surface area contributed by atoms with Crippen LogP contribution in [0.5, 0.6) is 0 Å². The van der Waals surface area contributed by atoms with E-state index in [9.17, 15) is 18.8 Å². The number of nitrogens with zero attached hydrogens (tertiary/aromatic N) is 3. The number of benzene rings is 1. The Hall–Kier alpha value is -3.55. The molecule has 0 fully saturated rings. The molecule has 0 spiro atoms. The first-order valence-electron chi connectivity index (χ1n) is 7.86. The molecule has 0 aliphatic carbocycles. The molecule has 1 N–H and O–H groups in total. The third-order valence-corrected chi connectivity index (χ3v) is 3.70. The predicted molar refractivity (Wildman–Crippen MR) is 94.1 cm³/mol. The van der Waals surface area contributed by atoms with Gasteiger partial charge < -0.3 is 9.88 Å². The number of rotatable bonds is 4. The molecule has 2 heterocycles. The highest BCUT2D eigenvalue weighted by atomic mass is 19.1. The molecule has 0 atom stereocenters. The summed E-state index contributed by atoms with van der Waals surface area (Å²) >= 11 is 0. The molecule has 132 valence electrons. The van der Waals surface area contributed by atoms with E-state index in [2.05, 4.69) is 10.4 Å². The maximum atomic E-state index is 13.9. The van der Waals surface area contributed by atoms with E-state index >= 15 is 0 Å². The van der Waals surface area contributed by atoms with E-state index in [1.54, 1.807) is 13.0 Å². The number of para-hydroxylation sites is 1. The molecule has 0 unspecified atom stereocenters. The van der Waals surface area contributed by atoms with E-state index in [0.717, 1.165) is 10.7 Å². The Morgan fingerprint density at radius 1 is 1.08 bits per heavy atom. The largest absolute Gasteiger partial charge is 0.319 e. The van der Waals surface area contributed by atoms with Gasteiger partial charge in [-0.25, -0.2) is 4.39 Å². The molecule has 26 heavy (non-hydrogen) atoms. The molecule has 8 heteroatoms. The van der Waals surface area contributed by atoms with E-state index in [4.69, 9.17) is 0 Å². The molecule has 0 aliphatic heterocycles. The van der Waals surface area contributed by atoms with Crippen LogP contribution in [0.25, 0.3) is 5.69 Å². The number of pyridine rings is 1. The minimum atomic E-state index is -0.630. The van der Waals surface area contributed by atoms with Gasteiger partial charge in [-0.3, -0.25) is 14.4 Å². The highest BCUT2D eigenvalue weighted by Gasteiger charge is 2.13. The van der Waals surface area contributed by atoms with Crippen LogP contribution in [-0.4, -0.2) is 20.3 Å². The van der Waals surface area contributed by atoms with Gasteiger partial charge in [0, 0.05) is 24.9 Å². The van der Waals surface area contributed by atoms with Crippen molar-refractivity contribution in [2.75, 3.05) is 5.32 Å². The second-order valence-corrected chi connectivity index (χ2v) is 5.42. The van der Waals surface area contributed by atoms with Crippen LogP contribution in [0, 0.1) is 5.82 Å². The van der Waals surface area contributed by atoms with E-state index < -0.39 is 17.3 Å². The van der Waals surface area contributed by atoms with Gasteiger partial charge in [0.25, 0.3) is 17.0 Å². The summed E-state index contributed by atoms with van der Waals surface area (Å²) in [7, 11) is 0. The molecule has 1 amide bonds. The lowest BCUT2D eigenvalue weighted by Crippen LogP contribution is -2.26. The monoisotopic (exact) mass is 354 g/mol. The van der Waals surface area contributed by atoms with Crippen LogP contribution in [0.3, 0.4) is 0 Å². The first-order chi connectivity index (χ1) is 12.5. The summed E-state index contributed by atoms with van der Waals surface area (Å²) in [5, 5.41) is 6.55. The minimum Gasteiger partial charge on any atom is -0.319 e. The fraction of sp³-hybridized carbons (Fsp3) is 0.111. The third kappa shape index (κ3) is 3.44. The molecule has 2 aromatic heterocycles. The normalized spacial score (nSPS) is 10.5. The molecule has 3 aromatic rings. The summed E-state index contributed by atoms with van der Waals surface area (Å²) < 4.78 is 16.2. The average molecular weight is 354 g/mol. The number of carbonyl (C=O) groups is 1. The van der Waals surface area contributed by atoms with Gasteiger partial charge in [-0.05, 0) is 31.2 Å². The number of hydrogen-bond acceptors (Lipinski definition) is 4. The number of amides is 1. The SMILES string of the molecule is CCn1cc(NC(=O)c2ccc(=O)n(-c3ccccc3F)n2)ccc1=O. The van der Waals surface area contributed by atoms with Crippen LogP contribution >= 0.6 is 0 Å². The quantitative estimate of drug-likeness (QED) is 0.774. The fourth-order valence-corrected chi connectivity index (χ4v) is 2.38. The van der Waals surface area contributed by atoms with Crippen molar-refractivity contribution in [3.8, 4) is 5.69 Å². The highest BCUT2D eigenvalue weighted by Crippen LogP contribution is 2.10. The smallest absolute Gasteiger partial charge is 0.276 e. The van der Waals surface area contributed by atoms with Crippen molar-refractivity contribution in [1.29, 1.82) is 0 Å². The maximum Gasteiger partial charge on any atom is 0.276 e. The number of hydrogen-bond donors (Lipinski definition) is 1. The van der Waals surface area contributed by atoms with Gasteiger partial charge in [0.2, 0.25) is 0 Å². The molecule has 3 rings (SSSR count). The van der Waals surface area contributed by atoms with E-state index in [1.807, 2.05) is 0 Å². The van der Waals surface area contributed by atoms with Crippen molar-refractivity contribution in [2.24, 2.45) is 0 Å². The zero-order valence-electron chi connectivity index (χ0n) is 13.8. The molecule has 7 nitrogen and oxygen atoms in total. The van der Waals surface area contributed by atoms with Crippen LogP contribution in [0.2, 0.25) is 0 Å². The Bertz CT molecular complexity index is 1090. The zero-order chi connectivity index (χ0) is 18.7. The van der Waals surface area contributed by atoms with Crippen LogP contribution < -0.4 is 16.4 Å². The standard InChI is InChI=1S/C18H15FN4O3/c1-2-22-11-12(7-9-16(22)24)20-18(26)14-8-10-17(25)23(21-14)15-6-4-3-5-13(15)19/h3-11H,2H2,1H3,(H,20,26). The second-order valence-electron chi connectivity index (χ2n) is 5.42. The fourth-order valence-electron chi connectivity index (χ4n) is 2.38. The summed E-state index contributed by atoms with van der Waals surface area (Å²) in [5.74, 6) is -1.22. The second kappa shape index (κ2) is 7.14. The molecule has 0 aliphatic rings. The van der Waals surface area contributed by atoms with Crippen molar-refractivity contribution in [3.63, 3.8) is 0 Å². The lowest BCUT2D eigenvalue weighted by molar-refractivity contribution is 0.102. The average Bonchev–Trinajstić information content (AvgIpc) is 2.64. The molecular formula is C18H15FN4O3. The summed E-state index contributed by atoms with van der Waals surface area (Å²) in [4.78, 5) is 36.0. The summed E-state index contributed by atoms with van der Waals surface area (Å²) in [6, 6.07) is 10.8. The van der Waals surface area contributed by atoms with E-state index in [1.165, 1.54) is 47.2 Å². The predicted octanol–water partition coefficient (Wildman–Crippen LogP) is 1.81. The number of aryl methyl sites for hydroxylation is 1. The number of nitrogens with one attached hydrogen (secondary N) is 1. The molecule has 0 saturated carbocycles. The molecular weight excluding hydrogens is 339 g/mol. The molecule has 0 bridgehead atoms. The van der Waals surface area contributed by atoms with Crippen LogP contribution in [0.1, 0.15) is 17.4 Å². The van der Waals surface area contributed by atoms with Gasteiger partial charge in [0.05, 0.1) is 5.69 Å². The van der Waals surface area contributed by atoms with Crippen LogP contribution in [0.4, 0.5) is 10.1 Å². The Balaban J connectivity index is 1.94. The molecule has 0 saturated heterocycles. The lowest BCUT2D eigenvalue weighted by Gasteiger charge is -2.09. The first-order valence-corrected chi connectivity index (χ1v) is 7.86.